The Hall–Kier alpha value is -1.20. The zero-order valence-corrected chi connectivity index (χ0v) is 19.9. The maximum atomic E-state index is 5.08. The SMILES string of the molecule is COC(/C=C(/C)CCC=C(C)C)OC.COC(/C=C(\C)CCC=C(C)C)OC. The van der Waals surface area contributed by atoms with Crippen LogP contribution in [0.15, 0.2) is 46.6 Å². The predicted octanol–water partition coefficient (Wildman–Crippen LogP) is 6.60. The third-order valence-corrected chi connectivity index (χ3v) is 3.95. The van der Waals surface area contributed by atoms with Gasteiger partial charge in [0.25, 0.3) is 0 Å². The molecule has 0 unspecified atom stereocenters. The average molecular weight is 397 g/mol. The van der Waals surface area contributed by atoms with Gasteiger partial charge in [0.05, 0.1) is 0 Å². The Kier molecular flexibility index (Phi) is 19.8. The first-order valence-electron chi connectivity index (χ1n) is 9.92. The summed E-state index contributed by atoms with van der Waals surface area (Å²) in [6.45, 7) is 12.7. The van der Waals surface area contributed by atoms with E-state index in [4.69, 9.17) is 18.9 Å². The summed E-state index contributed by atoms with van der Waals surface area (Å²) in [6.07, 6.45) is 12.4. The molecule has 164 valence electrons. The molecule has 0 amide bonds. The van der Waals surface area contributed by atoms with Gasteiger partial charge in [0.1, 0.15) is 0 Å². The van der Waals surface area contributed by atoms with Gasteiger partial charge in [-0.1, -0.05) is 34.4 Å². The van der Waals surface area contributed by atoms with E-state index in [1.807, 2.05) is 12.2 Å². The minimum atomic E-state index is -0.207. The molecule has 0 fully saturated rings. The second-order valence-electron chi connectivity index (χ2n) is 7.35. The Balaban J connectivity index is 0. The summed E-state index contributed by atoms with van der Waals surface area (Å²) in [5, 5.41) is 0. The van der Waals surface area contributed by atoms with Gasteiger partial charge in [0.15, 0.2) is 12.6 Å². The van der Waals surface area contributed by atoms with Crippen molar-refractivity contribution in [3.05, 3.63) is 46.6 Å². The molecule has 0 bridgehead atoms. The quantitative estimate of drug-likeness (QED) is 0.275. The van der Waals surface area contributed by atoms with Crippen LogP contribution in [0.2, 0.25) is 0 Å². The highest BCUT2D eigenvalue weighted by Gasteiger charge is 2.01. The van der Waals surface area contributed by atoms with E-state index in [1.54, 1.807) is 28.4 Å². The lowest BCUT2D eigenvalue weighted by Gasteiger charge is -2.09. The summed E-state index contributed by atoms with van der Waals surface area (Å²) in [5.74, 6) is 0. The topological polar surface area (TPSA) is 36.9 Å². The Morgan fingerprint density at radius 2 is 0.857 bits per heavy atom. The van der Waals surface area contributed by atoms with E-state index in [1.165, 1.54) is 22.3 Å². The van der Waals surface area contributed by atoms with Gasteiger partial charge in [-0.3, -0.25) is 0 Å². The Morgan fingerprint density at radius 1 is 0.571 bits per heavy atom. The normalized spacial score (nSPS) is 12.0. The Bertz CT molecular complexity index is 439. The van der Waals surface area contributed by atoms with Gasteiger partial charge in [-0.25, -0.2) is 0 Å². The van der Waals surface area contributed by atoms with Gasteiger partial charge >= 0.3 is 0 Å². The van der Waals surface area contributed by atoms with Crippen LogP contribution in [-0.2, 0) is 18.9 Å². The highest BCUT2D eigenvalue weighted by molar-refractivity contribution is 5.04. The molecule has 0 spiro atoms. The minimum Gasteiger partial charge on any atom is -0.352 e. The van der Waals surface area contributed by atoms with Crippen molar-refractivity contribution < 1.29 is 18.9 Å². The van der Waals surface area contributed by atoms with Gasteiger partial charge in [0.2, 0.25) is 0 Å². The largest absolute Gasteiger partial charge is 0.352 e. The van der Waals surface area contributed by atoms with Crippen LogP contribution >= 0.6 is 0 Å². The highest BCUT2D eigenvalue weighted by Crippen LogP contribution is 2.10. The Labute approximate surface area is 174 Å². The summed E-state index contributed by atoms with van der Waals surface area (Å²) < 4.78 is 20.3. The van der Waals surface area contributed by atoms with Crippen molar-refractivity contribution in [1.29, 1.82) is 0 Å². The first-order valence-corrected chi connectivity index (χ1v) is 9.92. The fourth-order valence-electron chi connectivity index (χ4n) is 2.27. The van der Waals surface area contributed by atoms with Crippen LogP contribution in [0.5, 0.6) is 0 Å². The van der Waals surface area contributed by atoms with Gasteiger partial charge in [-0.15, -0.1) is 0 Å². The van der Waals surface area contributed by atoms with Gasteiger partial charge in [-0.2, -0.15) is 0 Å². The van der Waals surface area contributed by atoms with E-state index in [0.717, 1.165) is 25.7 Å². The third-order valence-electron chi connectivity index (χ3n) is 3.95. The van der Waals surface area contributed by atoms with E-state index in [2.05, 4.69) is 53.7 Å². The monoisotopic (exact) mass is 396 g/mol. The molecule has 28 heavy (non-hydrogen) atoms. The molecule has 0 aliphatic heterocycles. The van der Waals surface area contributed by atoms with E-state index in [0.29, 0.717) is 0 Å². The van der Waals surface area contributed by atoms with Crippen molar-refractivity contribution in [3.63, 3.8) is 0 Å². The summed E-state index contributed by atoms with van der Waals surface area (Å²) in [6, 6.07) is 0. The lowest BCUT2D eigenvalue weighted by atomic mass is 10.1. The minimum absolute atomic E-state index is 0.207. The predicted molar refractivity (Wildman–Crippen MR) is 120 cm³/mol. The summed E-state index contributed by atoms with van der Waals surface area (Å²) in [5.41, 5.74) is 5.34. The second-order valence-corrected chi connectivity index (χ2v) is 7.35. The molecule has 4 nitrogen and oxygen atoms in total. The summed E-state index contributed by atoms with van der Waals surface area (Å²) >= 11 is 0. The van der Waals surface area contributed by atoms with Crippen LogP contribution in [0.3, 0.4) is 0 Å². The number of allylic oxidation sites excluding steroid dienone is 6. The molecule has 0 aromatic heterocycles. The van der Waals surface area contributed by atoms with Crippen LogP contribution in [0.25, 0.3) is 0 Å². The van der Waals surface area contributed by atoms with Crippen LogP contribution in [-0.4, -0.2) is 41.0 Å². The molecule has 0 atom stereocenters. The number of rotatable bonds is 12. The van der Waals surface area contributed by atoms with Gasteiger partial charge < -0.3 is 18.9 Å². The van der Waals surface area contributed by atoms with Crippen molar-refractivity contribution in [3.8, 4) is 0 Å². The molecule has 0 N–H and O–H groups in total. The molecule has 0 saturated heterocycles. The fraction of sp³-hybridized carbons (Fsp3) is 0.667. The van der Waals surface area contributed by atoms with Crippen LogP contribution < -0.4 is 0 Å². The van der Waals surface area contributed by atoms with E-state index < -0.39 is 0 Å². The third kappa shape index (κ3) is 19.6. The molecular formula is C24H44O4. The zero-order chi connectivity index (χ0) is 21.9. The Morgan fingerprint density at radius 3 is 1.07 bits per heavy atom. The second kappa shape index (κ2) is 19.1. The van der Waals surface area contributed by atoms with Gasteiger partial charge in [0, 0.05) is 28.4 Å². The molecule has 0 rings (SSSR count). The fourth-order valence-corrected chi connectivity index (χ4v) is 2.27. The number of hydrogen-bond donors (Lipinski definition) is 0. The molecule has 0 aliphatic rings. The van der Waals surface area contributed by atoms with Crippen LogP contribution in [0, 0.1) is 0 Å². The van der Waals surface area contributed by atoms with Crippen molar-refractivity contribution >= 4 is 0 Å². The first-order chi connectivity index (χ1) is 13.2. The number of ether oxygens (including phenoxy) is 4. The van der Waals surface area contributed by atoms with Crippen molar-refractivity contribution in [1.82, 2.24) is 0 Å². The van der Waals surface area contributed by atoms with Crippen LogP contribution in [0.4, 0.5) is 0 Å². The van der Waals surface area contributed by atoms with Crippen molar-refractivity contribution in [2.45, 2.75) is 79.8 Å². The van der Waals surface area contributed by atoms with Gasteiger partial charge in [-0.05, 0) is 79.4 Å². The van der Waals surface area contributed by atoms with E-state index in [-0.39, 0.29) is 12.6 Å². The number of hydrogen-bond acceptors (Lipinski definition) is 4. The lowest BCUT2D eigenvalue weighted by Crippen LogP contribution is -2.09. The van der Waals surface area contributed by atoms with Crippen molar-refractivity contribution in [2.75, 3.05) is 28.4 Å². The maximum absolute atomic E-state index is 5.08. The molecule has 0 radical (unpaired) electrons. The number of methoxy groups -OCH3 is 4. The standard InChI is InChI=1S/2C12H22O2/c2*1-10(2)7-6-8-11(3)9-12(13-4)14-5/h2*7,9,12H,6,8H2,1-5H3/b11-9+;11-9-. The molecule has 4 heteroatoms. The average Bonchev–Trinajstić information content (AvgIpc) is 2.64. The molecule has 0 saturated carbocycles. The molecule has 0 aliphatic carbocycles. The highest BCUT2D eigenvalue weighted by atomic mass is 16.7. The summed E-state index contributed by atoms with van der Waals surface area (Å²) in [4.78, 5) is 0. The van der Waals surface area contributed by atoms with E-state index >= 15 is 0 Å². The smallest absolute Gasteiger partial charge is 0.176 e. The summed E-state index contributed by atoms with van der Waals surface area (Å²) in [7, 11) is 6.59. The van der Waals surface area contributed by atoms with Crippen molar-refractivity contribution in [2.24, 2.45) is 0 Å². The first kappa shape index (κ1) is 29.0. The van der Waals surface area contributed by atoms with Crippen LogP contribution in [0.1, 0.15) is 67.2 Å². The zero-order valence-electron chi connectivity index (χ0n) is 19.9. The molecule has 0 aromatic rings. The molecule has 0 heterocycles. The lowest BCUT2D eigenvalue weighted by molar-refractivity contribution is -0.0673. The molecular weight excluding hydrogens is 352 g/mol. The van der Waals surface area contributed by atoms with E-state index in [9.17, 15) is 0 Å². The molecule has 0 aromatic carbocycles. The maximum Gasteiger partial charge on any atom is 0.176 e.